The number of benzene rings is 2. The molecule has 2 aliphatic carbocycles. The highest BCUT2D eigenvalue weighted by Crippen LogP contribution is 2.53. The van der Waals surface area contributed by atoms with Gasteiger partial charge < -0.3 is 15.5 Å². The van der Waals surface area contributed by atoms with Gasteiger partial charge in [0.15, 0.2) is 0 Å². The summed E-state index contributed by atoms with van der Waals surface area (Å²) in [7, 11) is 0. The molecular formula is C22H24N2O3. The molecule has 0 radical (unpaired) electrons. The second-order valence-electron chi connectivity index (χ2n) is 7.94. The van der Waals surface area contributed by atoms with Crippen molar-refractivity contribution in [3.63, 3.8) is 0 Å². The van der Waals surface area contributed by atoms with Gasteiger partial charge >= 0.3 is 0 Å². The fourth-order valence-electron chi connectivity index (χ4n) is 5.08. The summed E-state index contributed by atoms with van der Waals surface area (Å²) in [6.45, 7) is 1.49. The fourth-order valence-corrected chi connectivity index (χ4v) is 5.08. The second-order valence-corrected chi connectivity index (χ2v) is 7.94. The van der Waals surface area contributed by atoms with Crippen LogP contribution in [0.4, 0.5) is 0 Å². The van der Waals surface area contributed by atoms with Crippen LogP contribution in [-0.4, -0.2) is 53.4 Å². The zero-order valence-electron chi connectivity index (χ0n) is 15.1. The quantitative estimate of drug-likeness (QED) is 0.750. The molecule has 0 spiro atoms. The topological polar surface area (TPSA) is 72.8 Å². The molecule has 3 N–H and O–H groups in total. The molecule has 5 rings (SSSR count). The molecule has 3 atom stereocenters. The van der Waals surface area contributed by atoms with Gasteiger partial charge in [0.05, 0.1) is 25.3 Å². The number of carbonyl (C=O) groups excluding carboxylic acids is 1. The summed E-state index contributed by atoms with van der Waals surface area (Å²) in [6.07, 6.45) is 0. The molecule has 1 aliphatic heterocycles. The minimum absolute atomic E-state index is 0.0392. The summed E-state index contributed by atoms with van der Waals surface area (Å²) < 4.78 is 0. The van der Waals surface area contributed by atoms with Crippen LogP contribution in [0.2, 0.25) is 0 Å². The van der Waals surface area contributed by atoms with Gasteiger partial charge in [0, 0.05) is 19.0 Å². The number of nitrogens with one attached hydrogen (secondary N) is 1. The van der Waals surface area contributed by atoms with Crippen LogP contribution in [0.15, 0.2) is 48.5 Å². The highest BCUT2D eigenvalue weighted by atomic mass is 16.3. The lowest BCUT2D eigenvalue weighted by Crippen LogP contribution is -2.42. The molecule has 2 aromatic rings. The van der Waals surface area contributed by atoms with Crippen LogP contribution in [0.5, 0.6) is 0 Å². The number of hydrogen-bond donors (Lipinski definition) is 3. The summed E-state index contributed by atoms with van der Waals surface area (Å²) >= 11 is 0. The van der Waals surface area contributed by atoms with E-state index in [0.717, 1.165) is 13.1 Å². The molecule has 5 nitrogen and oxygen atoms in total. The van der Waals surface area contributed by atoms with Gasteiger partial charge in [0.2, 0.25) is 5.91 Å². The van der Waals surface area contributed by atoms with Crippen LogP contribution in [0.1, 0.15) is 17.2 Å². The zero-order chi connectivity index (χ0) is 18.5. The van der Waals surface area contributed by atoms with Crippen molar-refractivity contribution in [1.29, 1.82) is 0 Å². The van der Waals surface area contributed by atoms with Crippen molar-refractivity contribution < 1.29 is 15.0 Å². The van der Waals surface area contributed by atoms with Crippen molar-refractivity contribution in [1.82, 2.24) is 10.2 Å². The number of nitrogens with zero attached hydrogens (tertiary/aromatic N) is 1. The SMILES string of the molecule is O=C(NC1c2ccccc2-c2ccccc21)C1[C@H]2CN(C(CO)CO)C[C@@H]12. The predicted molar refractivity (Wildman–Crippen MR) is 102 cm³/mol. The number of fused-ring (bicyclic) bond motifs is 4. The number of rotatable bonds is 5. The number of carbonyl (C=O) groups is 1. The van der Waals surface area contributed by atoms with Gasteiger partial charge in [-0.1, -0.05) is 48.5 Å². The summed E-state index contributed by atoms with van der Waals surface area (Å²) in [5, 5.41) is 22.0. The Kier molecular flexibility index (Phi) is 4.04. The van der Waals surface area contributed by atoms with Crippen LogP contribution in [0.3, 0.4) is 0 Å². The summed E-state index contributed by atoms with van der Waals surface area (Å²) in [6, 6.07) is 16.3. The van der Waals surface area contributed by atoms with Crippen molar-refractivity contribution >= 4 is 5.91 Å². The summed E-state index contributed by atoms with van der Waals surface area (Å²) in [4.78, 5) is 15.1. The second kappa shape index (κ2) is 6.44. The Bertz CT molecular complexity index is 822. The fraction of sp³-hybridized carbons (Fsp3) is 0.409. The van der Waals surface area contributed by atoms with E-state index in [1.165, 1.54) is 22.3 Å². The number of aliphatic hydroxyl groups excluding tert-OH is 2. The van der Waals surface area contributed by atoms with Crippen molar-refractivity contribution in [2.24, 2.45) is 17.8 Å². The average Bonchev–Trinajstić information content (AvgIpc) is 3.06. The smallest absolute Gasteiger partial charge is 0.224 e. The van der Waals surface area contributed by atoms with E-state index >= 15 is 0 Å². The molecule has 1 heterocycles. The highest BCUT2D eigenvalue weighted by Gasteiger charge is 2.60. The van der Waals surface area contributed by atoms with Crippen LogP contribution in [0.25, 0.3) is 11.1 Å². The molecule has 140 valence electrons. The minimum atomic E-state index is -0.199. The van der Waals surface area contributed by atoms with Crippen molar-refractivity contribution in [3.8, 4) is 11.1 Å². The number of aliphatic hydroxyl groups is 2. The first-order chi connectivity index (χ1) is 13.2. The Labute approximate surface area is 158 Å². The largest absolute Gasteiger partial charge is 0.395 e. The first-order valence-electron chi connectivity index (χ1n) is 9.67. The van der Waals surface area contributed by atoms with Crippen LogP contribution in [0, 0.1) is 17.8 Å². The van der Waals surface area contributed by atoms with Gasteiger partial charge in [0.1, 0.15) is 0 Å². The maximum atomic E-state index is 13.0. The molecule has 0 bridgehead atoms. The van der Waals surface area contributed by atoms with E-state index in [4.69, 9.17) is 0 Å². The molecule has 1 saturated heterocycles. The van der Waals surface area contributed by atoms with Crippen molar-refractivity contribution in [3.05, 3.63) is 59.7 Å². The Hall–Kier alpha value is -2.21. The standard InChI is InChI=1S/C22H24N2O3/c25-11-13(12-26)24-9-18-19(10-24)20(18)22(27)23-21-16-7-3-1-5-14(16)15-6-2-4-8-17(15)21/h1-8,13,18-21,25-26H,9-12H2,(H,23,27)/t18-,19+,20?. The van der Waals surface area contributed by atoms with Crippen LogP contribution < -0.4 is 5.32 Å². The molecule has 2 fully saturated rings. The lowest BCUT2D eigenvalue weighted by atomic mass is 10.0. The molecule has 1 unspecified atom stereocenters. The Morgan fingerprint density at radius 1 is 0.963 bits per heavy atom. The Balaban J connectivity index is 1.31. The van der Waals surface area contributed by atoms with Crippen LogP contribution >= 0.6 is 0 Å². The molecule has 1 saturated carbocycles. The Morgan fingerprint density at radius 2 is 1.48 bits per heavy atom. The molecule has 3 aliphatic rings. The molecule has 1 amide bonds. The first-order valence-corrected chi connectivity index (χ1v) is 9.67. The van der Waals surface area contributed by atoms with E-state index in [0.29, 0.717) is 11.8 Å². The van der Waals surface area contributed by atoms with E-state index < -0.39 is 0 Å². The van der Waals surface area contributed by atoms with E-state index in [2.05, 4.69) is 34.5 Å². The molecule has 0 aromatic heterocycles. The van der Waals surface area contributed by atoms with Gasteiger partial charge in [-0.25, -0.2) is 0 Å². The average molecular weight is 364 g/mol. The van der Waals surface area contributed by atoms with E-state index in [1.54, 1.807) is 0 Å². The number of amides is 1. The normalized spacial score (nSPS) is 26.0. The lowest BCUT2D eigenvalue weighted by Gasteiger charge is -2.26. The maximum absolute atomic E-state index is 13.0. The molecule has 27 heavy (non-hydrogen) atoms. The summed E-state index contributed by atoms with van der Waals surface area (Å²) in [5.41, 5.74) is 4.74. The van der Waals surface area contributed by atoms with E-state index in [1.807, 2.05) is 24.3 Å². The number of hydrogen-bond acceptors (Lipinski definition) is 4. The monoisotopic (exact) mass is 364 g/mol. The number of likely N-dealkylation sites (tertiary alicyclic amines) is 1. The third-order valence-electron chi connectivity index (χ3n) is 6.58. The predicted octanol–water partition coefficient (Wildman–Crippen LogP) is 1.40. The zero-order valence-corrected chi connectivity index (χ0v) is 15.1. The highest BCUT2D eigenvalue weighted by molar-refractivity contribution is 5.86. The number of piperidine rings is 1. The van der Waals surface area contributed by atoms with E-state index in [9.17, 15) is 15.0 Å². The van der Waals surface area contributed by atoms with Gasteiger partial charge in [-0.2, -0.15) is 0 Å². The van der Waals surface area contributed by atoms with Crippen molar-refractivity contribution in [2.45, 2.75) is 12.1 Å². The molecule has 5 heteroatoms. The minimum Gasteiger partial charge on any atom is -0.395 e. The summed E-state index contributed by atoms with van der Waals surface area (Å²) in [5.74, 6) is 0.875. The van der Waals surface area contributed by atoms with E-state index in [-0.39, 0.29) is 37.1 Å². The third-order valence-corrected chi connectivity index (χ3v) is 6.58. The third kappa shape index (κ3) is 2.61. The van der Waals surface area contributed by atoms with Gasteiger partial charge in [-0.15, -0.1) is 0 Å². The van der Waals surface area contributed by atoms with Crippen LogP contribution in [-0.2, 0) is 4.79 Å². The van der Waals surface area contributed by atoms with Crippen molar-refractivity contribution in [2.75, 3.05) is 26.3 Å². The van der Waals surface area contributed by atoms with Gasteiger partial charge in [0.25, 0.3) is 0 Å². The Morgan fingerprint density at radius 3 is 2.00 bits per heavy atom. The lowest BCUT2D eigenvalue weighted by molar-refractivity contribution is -0.123. The van der Waals surface area contributed by atoms with Gasteiger partial charge in [-0.3, -0.25) is 9.69 Å². The molecule has 2 aromatic carbocycles. The maximum Gasteiger partial charge on any atom is 0.224 e. The van der Waals surface area contributed by atoms with Gasteiger partial charge in [-0.05, 0) is 34.1 Å². The first kappa shape index (κ1) is 16.9. The molecular weight excluding hydrogens is 340 g/mol.